The molecule has 0 radical (unpaired) electrons. The minimum absolute atomic E-state index is 0.0595. The molecule has 0 saturated carbocycles. The van der Waals surface area contributed by atoms with E-state index in [1.54, 1.807) is 11.5 Å². The van der Waals surface area contributed by atoms with Crippen LogP contribution < -0.4 is 0 Å². The Labute approximate surface area is 90.5 Å². The van der Waals surface area contributed by atoms with Crippen molar-refractivity contribution < 1.29 is 4.79 Å². The van der Waals surface area contributed by atoms with Crippen LogP contribution >= 0.6 is 0 Å². The van der Waals surface area contributed by atoms with Crippen molar-refractivity contribution in [3.63, 3.8) is 0 Å². The molecule has 0 aliphatic heterocycles. The summed E-state index contributed by atoms with van der Waals surface area (Å²) in [6.45, 7) is 7.59. The molecule has 0 fully saturated rings. The maximum absolute atomic E-state index is 11.2. The molecular formula is C13H17NO. The zero-order valence-corrected chi connectivity index (χ0v) is 9.74. The predicted octanol–water partition coefficient (Wildman–Crippen LogP) is 3.64. The fourth-order valence-corrected chi connectivity index (χ4v) is 1.61. The number of benzene rings is 1. The molecule has 0 saturated heterocycles. The predicted molar refractivity (Wildman–Crippen MR) is 64.3 cm³/mol. The highest BCUT2D eigenvalue weighted by molar-refractivity contribution is 5.93. The van der Waals surface area contributed by atoms with E-state index in [1.807, 2.05) is 51.2 Å². The van der Waals surface area contributed by atoms with Crippen LogP contribution in [0.4, 0.5) is 0 Å². The van der Waals surface area contributed by atoms with Crippen molar-refractivity contribution in [3.05, 3.63) is 36.0 Å². The summed E-state index contributed by atoms with van der Waals surface area (Å²) in [5.41, 5.74) is 2.14. The summed E-state index contributed by atoms with van der Waals surface area (Å²) in [6.07, 6.45) is 1.88. The summed E-state index contributed by atoms with van der Waals surface area (Å²) in [5.74, 6) is 0.0595. The van der Waals surface area contributed by atoms with Gasteiger partial charge in [-0.3, -0.25) is 9.36 Å². The quantitative estimate of drug-likeness (QED) is 0.640. The summed E-state index contributed by atoms with van der Waals surface area (Å²) < 4.78 is 1.69. The van der Waals surface area contributed by atoms with Crippen LogP contribution in [0.3, 0.4) is 0 Å². The normalized spacial score (nSPS) is 9.60. The smallest absolute Gasteiger partial charge is 0.227 e. The highest BCUT2D eigenvalue weighted by atomic mass is 16.1. The number of aryl methyl sites for hydroxylation is 1. The largest absolute Gasteiger partial charge is 0.287 e. The van der Waals surface area contributed by atoms with E-state index in [4.69, 9.17) is 0 Å². The van der Waals surface area contributed by atoms with Gasteiger partial charge in [0.25, 0.3) is 0 Å². The van der Waals surface area contributed by atoms with Crippen LogP contribution in [-0.4, -0.2) is 10.5 Å². The maximum Gasteiger partial charge on any atom is 0.227 e. The summed E-state index contributed by atoms with van der Waals surface area (Å²) in [6, 6.07) is 7.93. The molecule has 2 aromatic rings. The van der Waals surface area contributed by atoms with E-state index in [9.17, 15) is 4.79 Å². The Morgan fingerprint density at radius 1 is 1.20 bits per heavy atom. The first kappa shape index (κ1) is 11.5. The molecule has 80 valence electrons. The standard InChI is InChI=1S/C11H11NO.C2H6/c1-8-7-12(9(2)13)11-6-4-3-5-10(8)11;1-2/h3-7H,1-2H3;1-2H3. The van der Waals surface area contributed by atoms with E-state index in [0.717, 1.165) is 16.5 Å². The Balaban J connectivity index is 0.000000531. The fraction of sp³-hybridized carbons (Fsp3) is 0.308. The molecule has 15 heavy (non-hydrogen) atoms. The molecule has 0 aliphatic rings. The summed E-state index contributed by atoms with van der Waals surface area (Å²) in [4.78, 5) is 11.2. The zero-order valence-electron chi connectivity index (χ0n) is 9.74. The lowest BCUT2D eigenvalue weighted by molar-refractivity contribution is 0.0941. The third-order valence-electron chi connectivity index (χ3n) is 2.25. The van der Waals surface area contributed by atoms with Crippen molar-refractivity contribution >= 4 is 16.8 Å². The second-order valence-corrected chi connectivity index (χ2v) is 3.22. The molecule has 0 spiro atoms. The second kappa shape index (κ2) is 4.78. The molecule has 2 rings (SSSR count). The van der Waals surface area contributed by atoms with E-state index in [0.29, 0.717) is 0 Å². The van der Waals surface area contributed by atoms with Gasteiger partial charge in [-0.2, -0.15) is 0 Å². The first-order valence-corrected chi connectivity index (χ1v) is 5.28. The molecule has 2 nitrogen and oxygen atoms in total. The minimum atomic E-state index is 0.0595. The molecule has 0 aliphatic carbocycles. The minimum Gasteiger partial charge on any atom is -0.287 e. The van der Waals surface area contributed by atoms with Crippen molar-refractivity contribution in [2.45, 2.75) is 27.7 Å². The topological polar surface area (TPSA) is 22.0 Å². The van der Waals surface area contributed by atoms with Gasteiger partial charge in [-0.15, -0.1) is 0 Å². The van der Waals surface area contributed by atoms with Crippen LogP contribution in [0.1, 0.15) is 31.1 Å². The Morgan fingerprint density at radius 3 is 2.40 bits per heavy atom. The number of rotatable bonds is 0. The van der Waals surface area contributed by atoms with Gasteiger partial charge in [0, 0.05) is 18.5 Å². The zero-order chi connectivity index (χ0) is 11.4. The molecule has 0 N–H and O–H groups in total. The molecule has 2 heteroatoms. The number of fused-ring (bicyclic) bond motifs is 1. The molecule has 0 bridgehead atoms. The van der Waals surface area contributed by atoms with Crippen molar-refractivity contribution in [1.29, 1.82) is 0 Å². The van der Waals surface area contributed by atoms with E-state index in [-0.39, 0.29) is 5.91 Å². The summed E-state index contributed by atoms with van der Waals surface area (Å²) >= 11 is 0. The Bertz CT molecular complexity index is 468. The van der Waals surface area contributed by atoms with Gasteiger partial charge in [0.15, 0.2) is 0 Å². The van der Waals surface area contributed by atoms with Crippen molar-refractivity contribution in [2.24, 2.45) is 0 Å². The molecular weight excluding hydrogens is 186 g/mol. The number of para-hydroxylation sites is 1. The summed E-state index contributed by atoms with van der Waals surface area (Å²) in [5, 5.41) is 1.15. The highest BCUT2D eigenvalue weighted by Gasteiger charge is 2.06. The van der Waals surface area contributed by atoms with Crippen LogP contribution in [0.2, 0.25) is 0 Å². The van der Waals surface area contributed by atoms with Crippen molar-refractivity contribution in [3.8, 4) is 0 Å². The van der Waals surface area contributed by atoms with Gasteiger partial charge in [0.05, 0.1) is 5.52 Å². The third kappa shape index (κ3) is 2.09. The highest BCUT2D eigenvalue weighted by Crippen LogP contribution is 2.19. The lowest BCUT2D eigenvalue weighted by atomic mass is 10.2. The summed E-state index contributed by atoms with van der Waals surface area (Å²) in [7, 11) is 0. The van der Waals surface area contributed by atoms with Gasteiger partial charge in [-0.05, 0) is 18.6 Å². The number of aromatic nitrogens is 1. The molecule has 0 amide bonds. The van der Waals surface area contributed by atoms with Gasteiger partial charge < -0.3 is 0 Å². The fourth-order valence-electron chi connectivity index (χ4n) is 1.61. The number of carbonyl (C=O) groups is 1. The lowest BCUT2D eigenvalue weighted by Gasteiger charge is -1.97. The van der Waals surface area contributed by atoms with Crippen LogP contribution in [0.5, 0.6) is 0 Å². The second-order valence-electron chi connectivity index (χ2n) is 3.22. The van der Waals surface area contributed by atoms with Gasteiger partial charge >= 0.3 is 0 Å². The number of nitrogens with zero attached hydrogens (tertiary/aromatic N) is 1. The van der Waals surface area contributed by atoms with Gasteiger partial charge in [-0.25, -0.2) is 0 Å². The van der Waals surface area contributed by atoms with E-state index in [1.165, 1.54) is 0 Å². The SMILES string of the molecule is CC.CC(=O)n1cc(C)c2ccccc21. The van der Waals surface area contributed by atoms with Gasteiger partial charge in [0.1, 0.15) is 0 Å². The van der Waals surface area contributed by atoms with Crippen molar-refractivity contribution in [1.82, 2.24) is 4.57 Å². The van der Waals surface area contributed by atoms with Crippen molar-refractivity contribution in [2.75, 3.05) is 0 Å². The Kier molecular flexibility index (Phi) is 3.67. The van der Waals surface area contributed by atoms with Crippen LogP contribution in [0.25, 0.3) is 10.9 Å². The molecule has 0 atom stereocenters. The van der Waals surface area contributed by atoms with E-state index in [2.05, 4.69) is 0 Å². The third-order valence-corrected chi connectivity index (χ3v) is 2.25. The first-order valence-electron chi connectivity index (χ1n) is 5.28. The van der Waals surface area contributed by atoms with E-state index >= 15 is 0 Å². The van der Waals surface area contributed by atoms with E-state index < -0.39 is 0 Å². The van der Waals surface area contributed by atoms with Gasteiger partial charge in [0.2, 0.25) is 5.91 Å². The average molecular weight is 203 g/mol. The molecule has 1 heterocycles. The lowest BCUT2D eigenvalue weighted by Crippen LogP contribution is -2.02. The Hall–Kier alpha value is -1.57. The van der Waals surface area contributed by atoms with Gasteiger partial charge in [-0.1, -0.05) is 32.0 Å². The van der Waals surface area contributed by atoms with Crippen LogP contribution in [0, 0.1) is 6.92 Å². The average Bonchev–Trinajstić information content (AvgIpc) is 2.60. The monoisotopic (exact) mass is 203 g/mol. The molecule has 0 unspecified atom stereocenters. The Morgan fingerprint density at radius 2 is 1.80 bits per heavy atom. The van der Waals surface area contributed by atoms with Crippen LogP contribution in [-0.2, 0) is 0 Å². The molecule has 1 aromatic carbocycles. The number of hydrogen-bond acceptors (Lipinski definition) is 1. The van der Waals surface area contributed by atoms with Crippen LogP contribution in [0.15, 0.2) is 30.5 Å². The first-order chi connectivity index (χ1) is 7.20. The number of hydrogen-bond donors (Lipinski definition) is 0. The number of carbonyl (C=O) groups excluding carboxylic acids is 1. The maximum atomic E-state index is 11.2. The molecule has 1 aromatic heterocycles.